The maximum absolute atomic E-state index is 13.9. The molecule has 0 aromatic heterocycles. The number of halogens is 3. The minimum atomic E-state index is -0.814. The number of hydrogen-bond donors (Lipinski definition) is 1. The lowest BCUT2D eigenvalue weighted by atomic mass is 9.95. The summed E-state index contributed by atoms with van der Waals surface area (Å²) in [5, 5.41) is 3.99. The number of likely N-dealkylation sites (N-methyl/N-ethyl adjacent to an activating group) is 1. The maximum Gasteiger partial charge on any atom is 0.162 e. The van der Waals surface area contributed by atoms with Gasteiger partial charge >= 0.3 is 0 Å². The summed E-state index contributed by atoms with van der Waals surface area (Å²) >= 11 is 6.16. The van der Waals surface area contributed by atoms with Crippen LogP contribution in [0.15, 0.2) is 36.4 Å². The average Bonchev–Trinajstić information content (AvgIpc) is 2.46. The van der Waals surface area contributed by atoms with E-state index < -0.39 is 11.6 Å². The third-order valence-corrected chi connectivity index (χ3v) is 4.00. The molecular formula is C17H18ClF2N. The molecule has 1 N–H and O–H groups in total. The van der Waals surface area contributed by atoms with Gasteiger partial charge in [-0.15, -0.1) is 0 Å². The van der Waals surface area contributed by atoms with Crippen molar-refractivity contribution in [2.45, 2.75) is 26.3 Å². The molecule has 4 heteroatoms. The van der Waals surface area contributed by atoms with Gasteiger partial charge in [0.1, 0.15) is 0 Å². The Labute approximate surface area is 128 Å². The van der Waals surface area contributed by atoms with Gasteiger partial charge < -0.3 is 5.32 Å². The molecule has 2 aromatic carbocycles. The molecule has 0 spiro atoms. The predicted octanol–water partition coefficient (Wildman–Crippen LogP) is 4.82. The molecule has 2 rings (SSSR count). The number of nitrogens with one attached hydrogen (secondary N) is 1. The summed E-state index contributed by atoms with van der Waals surface area (Å²) in [6.45, 7) is 4.65. The van der Waals surface area contributed by atoms with Gasteiger partial charge in [-0.1, -0.05) is 42.8 Å². The summed E-state index contributed by atoms with van der Waals surface area (Å²) < 4.78 is 27.2. The van der Waals surface area contributed by atoms with E-state index in [2.05, 4.69) is 5.32 Å². The smallest absolute Gasteiger partial charge is 0.162 e. The van der Waals surface area contributed by atoms with Crippen molar-refractivity contribution in [1.82, 2.24) is 5.32 Å². The van der Waals surface area contributed by atoms with Crippen molar-refractivity contribution in [1.29, 1.82) is 0 Å². The molecule has 0 heterocycles. The zero-order chi connectivity index (χ0) is 15.4. The predicted molar refractivity (Wildman–Crippen MR) is 82.7 cm³/mol. The lowest BCUT2D eigenvalue weighted by Gasteiger charge is -2.21. The van der Waals surface area contributed by atoms with Crippen LogP contribution in [0.3, 0.4) is 0 Å². The van der Waals surface area contributed by atoms with Gasteiger partial charge in [-0.2, -0.15) is 0 Å². The normalized spacial score (nSPS) is 12.4. The van der Waals surface area contributed by atoms with Crippen molar-refractivity contribution < 1.29 is 8.78 Å². The van der Waals surface area contributed by atoms with Gasteiger partial charge in [-0.25, -0.2) is 8.78 Å². The summed E-state index contributed by atoms with van der Waals surface area (Å²) in [7, 11) is 0. The van der Waals surface area contributed by atoms with E-state index in [0.29, 0.717) is 17.0 Å². The van der Waals surface area contributed by atoms with E-state index in [1.807, 2.05) is 32.0 Å². The second kappa shape index (κ2) is 7.01. The molecule has 1 atom stereocenters. The third-order valence-electron chi connectivity index (χ3n) is 3.59. The largest absolute Gasteiger partial charge is 0.310 e. The van der Waals surface area contributed by atoms with Crippen LogP contribution in [0.25, 0.3) is 0 Å². The van der Waals surface area contributed by atoms with Crippen LogP contribution >= 0.6 is 11.6 Å². The van der Waals surface area contributed by atoms with Crippen molar-refractivity contribution in [3.63, 3.8) is 0 Å². The minimum Gasteiger partial charge on any atom is -0.310 e. The van der Waals surface area contributed by atoms with E-state index in [9.17, 15) is 8.78 Å². The molecule has 1 nitrogen and oxygen atoms in total. The van der Waals surface area contributed by atoms with Gasteiger partial charge in [-0.3, -0.25) is 0 Å². The highest BCUT2D eigenvalue weighted by molar-refractivity contribution is 6.31. The summed E-state index contributed by atoms with van der Waals surface area (Å²) in [5.41, 5.74) is 2.33. The first-order valence-electron chi connectivity index (χ1n) is 6.95. The Kier molecular flexibility index (Phi) is 5.32. The van der Waals surface area contributed by atoms with Gasteiger partial charge in [0.25, 0.3) is 0 Å². The lowest BCUT2D eigenvalue weighted by Crippen LogP contribution is -2.24. The summed E-state index contributed by atoms with van der Waals surface area (Å²) in [4.78, 5) is 0. The van der Waals surface area contributed by atoms with Crippen LogP contribution in [0.5, 0.6) is 0 Å². The second-order valence-electron chi connectivity index (χ2n) is 4.98. The van der Waals surface area contributed by atoms with Gasteiger partial charge in [-0.05, 0) is 48.7 Å². The fourth-order valence-corrected chi connectivity index (χ4v) is 2.65. The highest BCUT2D eigenvalue weighted by Gasteiger charge is 2.18. The van der Waals surface area contributed by atoms with E-state index in [-0.39, 0.29) is 6.04 Å². The lowest BCUT2D eigenvalue weighted by molar-refractivity contribution is 0.480. The summed E-state index contributed by atoms with van der Waals surface area (Å²) in [5.74, 6) is -1.59. The topological polar surface area (TPSA) is 12.0 Å². The maximum atomic E-state index is 13.9. The average molecular weight is 310 g/mol. The molecule has 0 aliphatic heterocycles. The van der Waals surface area contributed by atoms with Crippen LogP contribution in [0.2, 0.25) is 5.02 Å². The monoisotopic (exact) mass is 309 g/mol. The Morgan fingerprint density at radius 1 is 1.14 bits per heavy atom. The van der Waals surface area contributed by atoms with Gasteiger partial charge in [0.2, 0.25) is 0 Å². The summed E-state index contributed by atoms with van der Waals surface area (Å²) in [6, 6.07) is 9.83. The fourth-order valence-electron chi connectivity index (χ4n) is 2.47. The second-order valence-corrected chi connectivity index (χ2v) is 5.39. The van der Waals surface area contributed by atoms with Gasteiger partial charge in [0.15, 0.2) is 11.6 Å². The van der Waals surface area contributed by atoms with E-state index >= 15 is 0 Å². The van der Waals surface area contributed by atoms with Crippen LogP contribution in [-0.4, -0.2) is 6.54 Å². The molecule has 0 aliphatic carbocycles. The SMILES string of the molecule is CCNC(Cc1cccc(F)c1F)c1cccc(Cl)c1C. The molecule has 0 saturated heterocycles. The number of rotatable bonds is 5. The molecule has 0 fully saturated rings. The Balaban J connectivity index is 2.35. The van der Waals surface area contributed by atoms with Crippen molar-refractivity contribution >= 4 is 11.6 Å². The highest BCUT2D eigenvalue weighted by Crippen LogP contribution is 2.27. The van der Waals surface area contributed by atoms with Gasteiger partial charge in [0.05, 0.1) is 0 Å². The van der Waals surface area contributed by atoms with Crippen LogP contribution in [-0.2, 0) is 6.42 Å². The Morgan fingerprint density at radius 3 is 2.57 bits per heavy atom. The number of benzene rings is 2. The standard InChI is InChI=1S/C17H18ClF2N/c1-3-21-16(13-7-5-8-14(18)11(13)2)10-12-6-4-9-15(19)17(12)20/h4-9,16,21H,3,10H2,1-2H3. The third kappa shape index (κ3) is 3.60. The molecule has 0 aliphatic rings. The Morgan fingerprint density at radius 2 is 1.86 bits per heavy atom. The molecule has 0 amide bonds. The molecule has 0 radical (unpaired) electrons. The Hall–Kier alpha value is -1.45. The molecule has 112 valence electrons. The van der Waals surface area contributed by atoms with Crippen molar-refractivity contribution in [2.24, 2.45) is 0 Å². The van der Waals surface area contributed by atoms with Gasteiger partial charge in [0, 0.05) is 11.1 Å². The van der Waals surface area contributed by atoms with Crippen LogP contribution < -0.4 is 5.32 Å². The quantitative estimate of drug-likeness (QED) is 0.835. The van der Waals surface area contributed by atoms with E-state index in [1.165, 1.54) is 6.07 Å². The first kappa shape index (κ1) is 15.9. The summed E-state index contributed by atoms with van der Waals surface area (Å²) in [6.07, 6.45) is 0.374. The van der Waals surface area contributed by atoms with Crippen LogP contribution in [0.4, 0.5) is 8.78 Å². The molecule has 21 heavy (non-hydrogen) atoms. The zero-order valence-electron chi connectivity index (χ0n) is 12.1. The van der Waals surface area contributed by atoms with E-state index in [0.717, 1.165) is 23.7 Å². The zero-order valence-corrected chi connectivity index (χ0v) is 12.8. The molecule has 2 aromatic rings. The van der Waals surface area contributed by atoms with Crippen molar-refractivity contribution in [2.75, 3.05) is 6.54 Å². The minimum absolute atomic E-state index is 0.106. The van der Waals surface area contributed by atoms with Crippen LogP contribution in [0, 0.1) is 18.6 Å². The fraction of sp³-hybridized carbons (Fsp3) is 0.294. The van der Waals surface area contributed by atoms with Crippen molar-refractivity contribution in [3.05, 3.63) is 69.7 Å². The highest BCUT2D eigenvalue weighted by atomic mass is 35.5. The first-order valence-corrected chi connectivity index (χ1v) is 7.33. The first-order chi connectivity index (χ1) is 10.0. The molecular weight excluding hydrogens is 292 g/mol. The Bertz CT molecular complexity index is 628. The van der Waals surface area contributed by atoms with Crippen molar-refractivity contribution in [3.8, 4) is 0 Å². The molecule has 1 unspecified atom stereocenters. The van der Waals surface area contributed by atoms with Crippen LogP contribution in [0.1, 0.15) is 29.7 Å². The van der Waals surface area contributed by atoms with E-state index in [4.69, 9.17) is 11.6 Å². The molecule has 0 bridgehead atoms. The van der Waals surface area contributed by atoms with E-state index in [1.54, 1.807) is 6.07 Å². The molecule has 0 saturated carbocycles. The number of hydrogen-bond acceptors (Lipinski definition) is 1.